The lowest BCUT2D eigenvalue weighted by atomic mass is 10.2. The van der Waals surface area contributed by atoms with Gasteiger partial charge in [-0.1, -0.05) is 15.9 Å². The number of benzene rings is 1. The minimum atomic E-state index is -0.628. The van der Waals surface area contributed by atoms with Gasteiger partial charge >= 0.3 is 6.01 Å². The molecule has 8 heteroatoms. The highest BCUT2D eigenvalue weighted by Gasteiger charge is 2.14. The van der Waals surface area contributed by atoms with Crippen molar-refractivity contribution in [2.75, 3.05) is 11.9 Å². The van der Waals surface area contributed by atoms with Crippen molar-refractivity contribution in [3.05, 3.63) is 34.1 Å². The third-order valence-electron chi connectivity index (χ3n) is 2.15. The molecule has 0 saturated carbocycles. The molecule has 100 valence electrons. The van der Waals surface area contributed by atoms with E-state index in [-0.39, 0.29) is 17.5 Å². The molecular weight excluding hydrogens is 319 g/mol. The van der Waals surface area contributed by atoms with Gasteiger partial charge in [-0.3, -0.25) is 10.1 Å². The topological polar surface area (TPSA) is 79.9 Å². The van der Waals surface area contributed by atoms with Crippen molar-refractivity contribution in [2.24, 2.45) is 0 Å². The van der Waals surface area contributed by atoms with Crippen LogP contribution in [0.3, 0.4) is 0 Å². The zero-order chi connectivity index (χ0) is 13.8. The summed E-state index contributed by atoms with van der Waals surface area (Å²) in [6.45, 7) is 2.19. The minimum absolute atomic E-state index is 0.0856. The first kappa shape index (κ1) is 13.5. The average Bonchev–Trinajstić information content (AvgIpc) is 2.76. The number of anilines is 1. The first-order chi connectivity index (χ1) is 9.10. The fourth-order valence-electron chi connectivity index (χ4n) is 1.34. The molecule has 1 aromatic carbocycles. The Kier molecular flexibility index (Phi) is 4.10. The third-order valence-corrected chi connectivity index (χ3v) is 2.64. The summed E-state index contributed by atoms with van der Waals surface area (Å²) >= 11 is 3.12. The predicted octanol–water partition coefficient (Wildman–Crippen LogP) is 2.36. The summed E-state index contributed by atoms with van der Waals surface area (Å²) in [5.74, 6) is -1.16. The monoisotopic (exact) mass is 328 g/mol. The summed E-state index contributed by atoms with van der Waals surface area (Å²) in [6.07, 6.45) is 0. The molecule has 0 aliphatic carbocycles. The molecule has 0 aliphatic rings. The van der Waals surface area contributed by atoms with Crippen LogP contribution in [0, 0.1) is 5.82 Å². The summed E-state index contributed by atoms with van der Waals surface area (Å²) in [6, 6.07) is 4.27. The van der Waals surface area contributed by atoms with Gasteiger partial charge in [0.25, 0.3) is 5.91 Å². The number of aromatic nitrogens is 3. The Morgan fingerprint density at radius 3 is 3.05 bits per heavy atom. The number of carbonyl (C=O) groups excluding carboxylic acids is 1. The van der Waals surface area contributed by atoms with E-state index in [0.29, 0.717) is 11.1 Å². The Morgan fingerprint density at radius 2 is 2.37 bits per heavy atom. The van der Waals surface area contributed by atoms with Crippen molar-refractivity contribution in [1.29, 1.82) is 0 Å². The summed E-state index contributed by atoms with van der Waals surface area (Å²) in [4.78, 5) is 15.7. The van der Waals surface area contributed by atoms with E-state index < -0.39 is 11.7 Å². The van der Waals surface area contributed by atoms with Crippen molar-refractivity contribution in [1.82, 2.24) is 15.2 Å². The van der Waals surface area contributed by atoms with Gasteiger partial charge in [-0.25, -0.2) is 9.49 Å². The Morgan fingerprint density at radius 1 is 1.58 bits per heavy atom. The van der Waals surface area contributed by atoms with E-state index in [0.717, 1.165) is 0 Å². The van der Waals surface area contributed by atoms with E-state index in [1.54, 1.807) is 13.0 Å². The molecule has 0 atom stereocenters. The minimum Gasteiger partial charge on any atom is -0.463 e. The normalized spacial score (nSPS) is 10.3. The second kappa shape index (κ2) is 5.79. The Hall–Kier alpha value is -1.96. The molecule has 0 saturated heterocycles. The molecule has 0 unspecified atom stereocenters. The molecule has 19 heavy (non-hydrogen) atoms. The molecule has 0 fully saturated rings. The van der Waals surface area contributed by atoms with Crippen LogP contribution in [0.1, 0.15) is 17.3 Å². The number of amides is 1. The van der Waals surface area contributed by atoms with Gasteiger partial charge in [-0.05, 0) is 25.1 Å². The number of carbonyl (C=O) groups is 1. The van der Waals surface area contributed by atoms with Crippen LogP contribution in [0.15, 0.2) is 22.7 Å². The number of nitrogens with one attached hydrogen (secondary N) is 2. The molecule has 0 aliphatic heterocycles. The summed E-state index contributed by atoms with van der Waals surface area (Å²) < 4.78 is 19.2. The van der Waals surface area contributed by atoms with Crippen molar-refractivity contribution in [3.63, 3.8) is 0 Å². The number of halogens is 2. The quantitative estimate of drug-likeness (QED) is 0.902. The fraction of sp³-hybridized carbons (Fsp3) is 0.182. The second-order valence-corrected chi connectivity index (χ2v) is 4.39. The predicted molar refractivity (Wildman–Crippen MR) is 69.6 cm³/mol. The van der Waals surface area contributed by atoms with Crippen LogP contribution in [0.5, 0.6) is 6.01 Å². The smallest absolute Gasteiger partial charge is 0.337 e. The molecule has 1 aromatic heterocycles. The van der Waals surface area contributed by atoms with Gasteiger partial charge in [0.1, 0.15) is 5.82 Å². The van der Waals surface area contributed by atoms with Gasteiger partial charge in [0.05, 0.1) is 12.2 Å². The highest BCUT2D eigenvalue weighted by atomic mass is 79.9. The Bertz CT molecular complexity index is 602. The van der Waals surface area contributed by atoms with E-state index in [9.17, 15) is 9.18 Å². The number of aromatic amines is 1. The van der Waals surface area contributed by atoms with E-state index in [1.807, 2.05) is 0 Å². The molecule has 2 aromatic rings. The first-order valence-electron chi connectivity index (χ1n) is 5.41. The lowest BCUT2D eigenvalue weighted by Crippen LogP contribution is -2.14. The Balaban J connectivity index is 2.11. The number of hydrogen-bond donors (Lipinski definition) is 2. The van der Waals surface area contributed by atoms with Crippen LogP contribution in [-0.2, 0) is 0 Å². The zero-order valence-electron chi connectivity index (χ0n) is 9.91. The van der Waals surface area contributed by atoms with Crippen LogP contribution < -0.4 is 10.1 Å². The van der Waals surface area contributed by atoms with E-state index in [4.69, 9.17) is 4.74 Å². The van der Waals surface area contributed by atoms with Gasteiger partial charge in [-0.2, -0.15) is 4.98 Å². The standard InChI is InChI=1S/C11H10BrFN4O2/c1-2-19-11-15-10(16-17-11)14-9(18)7-4-3-6(12)5-8(7)13/h3-5H,2H2,1H3,(H2,14,15,16,17,18). The highest BCUT2D eigenvalue weighted by Crippen LogP contribution is 2.16. The summed E-state index contributed by atoms with van der Waals surface area (Å²) in [7, 11) is 0. The zero-order valence-corrected chi connectivity index (χ0v) is 11.5. The number of hydrogen-bond acceptors (Lipinski definition) is 4. The van der Waals surface area contributed by atoms with E-state index >= 15 is 0 Å². The number of rotatable bonds is 4. The first-order valence-corrected chi connectivity index (χ1v) is 6.21. The SMILES string of the molecule is CCOc1n[nH]c(NC(=O)c2ccc(Br)cc2F)n1. The third kappa shape index (κ3) is 3.28. The summed E-state index contributed by atoms with van der Waals surface area (Å²) in [5.41, 5.74) is -0.0856. The number of nitrogens with zero attached hydrogens (tertiary/aromatic N) is 2. The average molecular weight is 329 g/mol. The van der Waals surface area contributed by atoms with Gasteiger partial charge in [0, 0.05) is 4.47 Å². The molecule has 0 spiro atoms. The Labute approximate surface area is 116 Å². The second-order valence-electron chi connectivity index (χ2n) is 3.48. The van der Waals surface area contributed by atoms with Gasteiger partial charge in [0.2, 0.25) is 5.95 Å². The molecule has 2 rings (SSSR count). The highest BCUT2D eigenvalue weighted by molar-refractivity contribution is 9.10. The van der Waals surface area contributed by atoms with Crippen LogP contribution in [0.2, 0.25) is 0 Å². The fourth-order valence-corrected chi connectivity index (χ4v) is 1.68. The number of ether oxygens (including phenoxy) is 1. The van der Waals surface area contributed by atoms with Crippen LogP contribution in [0.25, 0.3) is 0 Å². The molecule has 1 amide bonds. The van der Waals surface area contributed by atoms with Crippen molar-refractivity contribution in [2.45, 2.75) is 6.92 Å². The van der Waals surface area contributed by atoms with E-state index in [2.05, 4.69) is 36.4 Å². The lowest BCUT2D eigenvalue weighted by Gasteiger charge is -2.03. The maximum Gasteiger partial charge on any atom is 0.337 e. The maximum atomic E-state index is 13.6. The largest absolute Gasteiger partial charge is 0.463 e. The van der Waals surface area contributed by atoms with Crippen molar-refractivity contribution >= 4 is 27.8 Å². The molecule has 0 radical (unpaired) electrons. The van der Waals surface area contributed by atoms with Crippen molar-refractivity contribution in [3.8, 4) is 6.01 Å². The summed E-state index contributed by atoms with van der Waals surface area (Å²) in [5, 5.41) is 8.58. The van der Waals surface area contributed by atoms with E-state index in [1.165, 1.54) is 12.1 Å². The molecule has 6 nitrogen and oxygen atoms in total. The molecule has 2 N–H and O–H groups in total. The van der Waals surface area contributed by atoms with Crippen LogP contribution >= 0.6 is 15.9 Å². The van der Waals surface area contributed by atoms with Crippen LogP contribution in [-0.4, -0.2) is 27.7 Å². The lowest BCUT2D eigenvalue weighted by molar-refractivity contribution is 0.102. The maximum absolute atomic E-state index is 13.6. The van der Waals surface area contributed by atoms with Crippen LogP contribution in [0.4, 0.5) is 10.3 Å². The molecular formula is C11H10BrFN4O2. The van der Waals surface area contributed by atoms with Gasteiger partial charge in [0.15, 0.2) is 0 Å². The van der Waals surface area contributed by atoms with Gasteiger partial charge < -0.3 is 4.74 Å². The molecule has 0 bridgehead atoms. The van der Waals surface area contributed by atoms with Crippen molar-refractivity contribution < 1.29 is 13.9 Å². The number of H-pyrrole nitrogens is 1. The molecule has 1 heterocycles. The van der Waals surface area contributed by atoms with Gasteiger partial charge in [-0.15, -0.1) is 5.10 Å².